The lowest BCUT2D eigenvalue weighted by Gasteiger charge is -2.35. The summed E-state index contributed by atoms with van der Waals surface area (Å²) in [4.78, 5) is 2.07. The SMILES string of the molecule is CC(C)(C)Cc1cc(N)ccc1N1CCC(F)(F)CC1. The highest BCUT2D eigenvalue weighted by molar-refractivity contribution is 5.60. The Bertz CT molecular complexity index is 468. The minimum atomic E-state index is -2.51. The van der Waals surface area contributed by atoms with Crippen molar-refractivity contribution in [3.05, 3.63) is 23.8 Å². The molecule has 0 spiro atoms. The van der Waals surface area contributed by atoms with E-state index in [4.69, 9.17) is 5.73 Å². The number of halogens is 2. The number of hydrogen-bond acceptors (Lipinski definition) is 2. The second-order valence-corrected chi connectivity index (χ2v) is 6.97. The van der Waals surface area contributed by atoms with Gasteiger partial charge in [-0.3, -0.25) is 0 Å². The minimum absolute atomic E-state index is 0.0632. The van der Waals surface area contributed by atoms with Crippen LogP contribution < -0.4 is 10.6 Å². The molecule has 0 amide bonds. The summed E-state index contributed by atoms with van der Waals surface area (Å²) < 4.78 is 26.6. The lowest BCUT2D eigenvalue weighted by atomic mass is 9.87. The molecule has 0 bridgehead atoms. The highest BCUT2D eigenvalue weighted by atomic mass is 19.3. The van der Waals surface area contributed by atoms with Gasteiger partial charge in [-0.1, -0.05) is 20.8 Å². The molecular formula is C16H24F2N2. The second kappa shape index (κ2) is 5.23. The monoisotopic (exact) mass is 282 g/mol. The van der Waals surface area contributed by atoms with Crippen molar-refractivity contribution in [2.75, 3.05) is 23.7 Å². The molecular weight excluding hydrogens is 258 g/mol. The fourth-order valence-electron chi connectivity index (χ4n) is 2.70. The van der Waals surface area contributed by atoms with Gasteiger partial charge in [0.1, 0.15) is 0 Å². The number of rotatable bonds is 2. The van der Waals surface area contributed by atoms with Gasteiger partial charge in [-0.15, -0.1) is 0 Å². The molecule has 1 fully saturated rings. The first-order valence-corrected chi connectivity index (χ1v) is 7.17. The number of anilines is 2. The Kier molecular flexibility index (Phi) is 3.94. The van der Waals surface area contributed by atoms with Gasteiger partial charge in [0, 0.05) is 37.3 Å². The maximum Gasteiger partial charge on any atom is 0.251 e. The van der Waals surface area contributed by atoms with E-state index < -0.39 is 5.92 Å². The van der Waals surface area contributed by atoms with Gasteiger partial charge in [-0.05, 0) is 35.6 Å². The van der Waals surface area contributed by atoms with Crippen molar-refractivity contribution < 1.29 is 8.78 Å². The molecule has 0 aromatic heterocycles. The Morgan fingerprint density at radius 3 is 2.35 bits per heavy atom. The largest absolute Gasteiger partial charge is 0.399 e. The van der Waals surface area contributed by atoms with E-state index in [-0.39, 0.29) is 18.3 Å². The Labute approximate surface area is 120 Å². The highest BCUT2D eigenvalue weighted by Crippen LogP contribution is 2.34. The first-order chi connectivity index (χ1) is 9.16. The highest BCUT2D eigenvalue weighted by Gasteiger charge is 2.34. The molecule has 1 aromatic carbocycles. The normalized spacial score (nSPS) is 19.1. The van der Waals surface area contributed by atoms with Crippen LogP contribution in [0.2, 0.25) is 0 Å². The van der Waals surface area contributed by atoms with E-state index in [1.54, 1.807) is 0 Å². The molecule has 0 radical (unpaired) electrons. The van der Waals surface area contributed by atoms with E-state index in [9.17, 15) is 8.78 Å². The zero-order chi connectivity index (χ0) is 15.0. The number of hydrogen-bond donors (Lipinski definition) is 1. The zero-order valence-corrected chi connectivity index (χ0v) is 12.5. The van der Waals surface area contributed by atoms with Crippen LogP contribution in [0.1, 0.15) is 39.2 Å². The molecule has 1 aliphatic heterocycles. The maximum absolute atomic E-state index is 13.3. The first kappa shape index (κ1) is 15.1. The molecule has 0 atom stereocenters. The van der Waals surface area contributed by atoms with Crippen molar-refractivity contribution in [1.29, 1.82) is 0 Å². The van der Waals surface area contributed by atoms with Crippen LogP contribution >= 0.6 is 0 Å². The first-order valence-electron chi connectivity index (χ1n) is 7.17. The summed E-state index contributed by atoms with van der Waals surface area (Å²) in [6.07, 6.45) is 0.763. The third kappa shape index (κ3) is 3.84. The van der Waals surface area contributed by atoms with Crippen molar-refractivity contribution in [3.63, 3.8) is 0 Å². The van der Waals surface area contributed by atoms with Gasteiger partial charge in [0.15, 0.2) is 0 Å². The van der Waals surface area contributed by atoms with Crippen LogP contribution in [0.3, 0.4) is 0 Å². The van der Waals surface area contributed by atoms with E-state index in [0.29, 0.717) is 13.1 Å². The van der Waals surface area contributed by atoms with Gasteiger partial charge >= 0.3 is 0 Å². The Balaban J connectivity index is 2.23. The van der Waals surface area contributed by atoms with Crippen LogP contribution in [-0.4, -0.2) is 19.0 Å². The summed E-state index contributed by atoms with van der Waals surface area (Å²) in [6, 6.07) is 5.81. The number of piperidine rings is 1. The summed E-state index contributed by atoms with van der Waals surface area (Å²) in [5.74, 6) is -2.51. The van der Waals surface area contributed by atoms with Crippen LogP contribution in [0.5, 0.6) is 0 Å². The smallest absolute Gasteiger partial charge is 0.251 e. The fraction of sp³-hybridized carbons (Fsp3) is 0.625. The molecule has 0 saturated carbocycles. The van der Waals surface area contributed by atoms with E-state index in [1.165, 1.54) is 0 Å². The predicted octanol–water partition coefficient (Wildman–Crippen LogP) is 4.09. The van der Waals surface area contributed by atoms with Crippen molar-refractivity contribution in [1.82, 2.24) is 0 Å². The van der Waals surface area contributed by atoms with E-state index in [1.807, 2.05) is 18.2 Å². The average molecular weight is 282 g/mol. The van der Waals surface area contributed by atoms with Crippen molar-refractivity contribution in [2.24, 2.45) is 5.41 Å². The summed E-state index contributed by atoms with van der Waals surface area (Å²) in [5.41, 5.74) is 8.97. The van der Waals surface area contributed by atoms with Gasteiger partial charge in [-0.25, -0.2) is 8.78 Å². The molecule has 112 valence electrons. The fourth-order valence-corrected chi connectivity index (χ4v) is 2.70. The van der Waals surface area contributed by atoms with E-state index >= 15 is 0 Å². The summed E-state index contributed by atoms with van der Waals surface area (Å²) >= 11 is 0. The Morgan fingerprint density at radius 2 is 1.80 bits per heavy atom. The van der Waals surface area contributed by atoms with Gasteiger partial charge in [0.2, 0.25) is 0 Å². The van der Waals surface area contributed by atoms with E-state index in [0.717, 1.165) is 23.4 Å². The van der Waals surface area contributed by atoms with Gasteiger partial charge < -0.3 is 10.6 Å². The second-order valence-electron chi connectivity index (χ2n) is 6.97. The molecule has 0 unspecified atom stereocenters. The summed E-state index contributed by atoms with van der Waals surface area (Å²) in [5, 5.41) is 0. The number of benzene rings is 1. The third-order valence-electron chi connectivity index (χ3n) is 3.66. The predicted molar refractivity (Wildman–Crippen MR) is 80.4 cm³/mol. The van der Waals surface area contributed by atoms with Crippen LogP contribution in [0.4, 0.5) is 20.2 Å². The van der Waals surface area contributed by atoms with Crippen molar-refractivity contribution in [2.45, 2.75) is 46.0 Å². The molecule has 20 heavy (non-hydrogen) atoms. The molecule has 2 nitrogen and oxygen atoms in total. The van der Waals surface area contributed by atoms with Gasteiger partial charge in [0.25, 0.3) is 5.92 Å². The van der Waals surface area contributed by atoms with Crippen molar-refractivity contribution >= 4 is 11.4 Å². The molecule has 2 rings (SSSR count). The zero-order valence-electron chi connectivity index (χ0n) is 12.5. The molecule has 1 saturated heterocycles. The summed E-state index contributed by atoms with van der Waals surface area (Å²) in [7, 11) is 0. The van der Waals surface area contributed by atoms with Crippen molar-refractivity contribution in [3.8, 4) is 0 Å². The molecule has 1 aliphatic rings. The molecule has 2 N–H and O–H groups in total. The standard InChI is InChI=1S/C16H24F2N2/c1-15(2,3)11-12-10-13(19)4-5-14(12)20-8-6-16(17,18)7-9-20/h4-5,10H,6-9,11,19H2,1-3H3. The molecule has 1 aromatic rings. The molecule has 1 heterocycles. The number of nitrogens with zero attached hydrogens (tertiary/aromatic N) is 1. The van der Waals surface area contributed by atoms with Crippen LogP contribution in [0.25, 0.3) is 0 Å². The van der Waals surface area contributed by atoms with Gasteiger partial charge in [-0.2, -0.15) is 0 Å². The summed E-state index contributed by atoms with van der Waals surface area (Å²) in [6.45, 7) is 7.33. The minimum Gasteiger partial charge on any atom is -0.399 e. The topological polar surface area (TPSA) is 29.3 Å². The number of nitrogens with two attached hydrogens (primary N) is 1. The third-order valence-corrected chi connectivity index (χ3v) is 3.66. The van der Waals surface area contributed by atoms with E-state index in [2.05, 4.69) is 25.7 Å². The Hall–Kier alpha value is -1.32. The van der Waals surface area contributed by atoms with Crippen LogP contribution in [0.15, 0.2) is 18.2 Å². The quantitative estimate of drug-likeness (QED) is 0.828. The van der Waals surface area contributed by atoms with Crippen LogP contribution in [-0.2, 0) is 6.42 Å². The lowest BCUT2D eigenvalue weighted by Crippen LogP contribution is -2.39. The maximum atomic E-state index is 13.3. The Morgan fingerprint density at radius 1 is 1.20 bits per heavy atom. The number of nitrogen functional groups attached to an aromatic ring is 1. The number of alkyl halides is 2. The van der Waals surface area contributed by atoms with Crippen LogP contribution in [0, 0.1) is 5.41 Å². The average Bonchev–Trinajstić information content (AvgIpc) is 2.28. The van der Waals surface area contributed by atoms with Gasteiger partial charge in [0.05, 0.1) is 0 Å². The lowest BCUT2D eigenvalue weighted by molar-refractivity contribution is -0.0220. The molecule has 0 aliphatic carbocycles. The molecule has 4 heteroatoms.